The molecule has 0 aliphatic heterocycles. The van der Waals surface area contributed by atoms with E-state index in [1.807, 2.05) is 0 Å². The molecule has 52 heavy (non-hydrogen) atoms. The summed E-state index contributed by atoms with van der Waals surface area (Å²) in [6.07, 6.45) is 0.476. The van der Waals surface area contributed by atoms with Gasteiger partial charge in [0.15, 0.2) is 8.32 Å². The Bertz CT molecular complexity index is 805. The van der Waals surface area contributed by atoms with Gasteiger partial charge in [0.05, 0.1) is 152 Å². The second-order valence-electron chi connectivity index (χ2n) is 12.9. The molecule has 0 aromatic carbocycles. The fraction of sp³-hybridized carbons (Fsp3) is 0.943. The van der Waals surface area contributed by atoms with Gasteiger partial charge in [-0.15, -0.1) is 0 Å². The molecule has 0 radical (unpaired) electrons. The van der Waals surface area contributed by atoms with Crippen molar-refractivity contribution >= 4 is 20.2 Å². The first kappa shape index (κ1) is 50.7. The normalized spacial score (nSPS) is 12.1. The molecule has 0 fully saturated rings. The van der Waals surface area contributed by atoms with Gasteiger partial charge in [0.2, 0.25) is 5.91 Å². The van der Waals surface area contributed by atoms with E-state index in [0.717, 1.165) is 0 Å². The highest BCUT2D eigenvalue weighted by atomic mass is 28.4. The van der Waals surface area contributed by atoms with Crippen LogP contribution in [0.25, 0.3) is 0 Å². The van der Waals surface area contributed by atoms with Crippen LogP contribution in [-0.2, 0) is 66.1 Å². The summed E-state index contributed by atoms with van der Waals surface area (Å²) in [6, 6.07) is 0. The molecule has 0 aromatic rings. The van der Waals surface area contributed by atoms with Crippen molar-refractivity contribution in [3.8, 4) is 0 Å². The van der Waals surface area contributed by atoms with Gasteiger partial charge in [-0.1, -0.05) is 20.8 Å². The zero-order valence-corrected chi connectivity index (χ0v) is 33.8. The van der Waals surface area contributed by atoms with E-state index < -0.39 is 14.3 Å². The summed E-state index contributed by atoms with van der Waals surface area (Å²) in [6.45, 7) is 23.2. The van der Waals surface area contributed by atoms with Crippen LogP contribution >= 0.6 is 0 Å². The standard InChI is InChI=1S/C35H71NO15Si/c1-35(2,3)52(4,5)51-32-31-50-30-29-49-28-27-48-26-25-47-24-23-46-22-21-45-20-19-44-18-17-43-16-15-42-14-13-41-12-11-40-10-6-9-36-33(37)7-8-34(38)39/h6-32H2,1-5H3,(H,36,37)(H,38,39). The van der Waals surface area contributed by atoms with Crippen LogP contribution in [0.5, 0.6) is 0 Å². The first-order chi connectivity index (χ1) is 25.1. The van der Waals surface area contributed by atoms with Crippen LogP contribution in [-0.4, -0.2) is 184 Å². The molecule has 2 N–H and O–H groups in total. The molecule has 0 aliphatic rings. The molecule has 0 aliphatic carbocycles. The van der Waals surface area contributed by atoms with Gasteiger partial charge in [0.25, 0.3) is 0 Å². The maximum absolute atomic E-state index is 11.4. The number of carboxylic acids is 1. The SMILES string of the molecule is CC(C)(C)[Si](C)(C)OCCOCCOCCOCCOCCOCCOCCOCCOCCOCCOCCOCCCNC(=O)CCC(=O)O. The summed E-state index contributed by atoms with van der Waals surface area (Å²) in [5, 5.41) is 11.4. The maximum Gasteiger partial charge on any atom is 0.303 e. The minimum absolute atomic E-state index is 0.0106. The molecule has 0 aromatic heterocycles. The molecule has 310 valence electrons. The minimum atomic E-state index is -1.71. The number of aliphatic carboxylic acids is 1. The number of nitrogens with one attached hydrogen (secondary N) is 1. The molecule has 16 nitrogen and oxygen atoms in total. The Labute approximate surface area is 313 Å². The molecule has 0 saturated carbocycles. The molecular weight excluding hydrogens is 702 g/mol. The van der Waals surface area contributed by atoms with Crippen molar-refractivity contribution in [1.29, 1.82) is 0 Å². The van der Waals surface area contributed by atoms with Crippen LogP contribution in [0.15, 0.2) is 0 Å². The summed E-state index contributed by atoms with van der Waals surface area (Å²) >= 11 is 0. The van der Waals surface area contributed by atoms with E-state index in [0.29, 0.717) is 165 Å². The van der Waals surface area contributed by atoms with Gasteiger partial charge in [-0.25, -0.2) is 0 Å². The van der Waals surface area contributed by atoms with Crippen LogP contribution < -0.4 is 5.32 Å². The Balaban J connectivity index is 3.14. The number of carbonyl (C=O) groups is 2. The van der Waals surface area contributed by atoms with E-state index in [1.165, 1.54) is 0 Å². The second-order valence-corrected chi connectivity index (χ2v) is 17.8. The van der Waals surface area contributed by atoms with Crippen molar-refractivity contribution in [3.63, 3.8) is 0 Å². The largest absolute Gasteiger partial charge is 0.481 e. The number of carbonyl (C=O) groups excluding carboxylic acids is 1. The van der Waals surface area contributed by atoms with Crippen molar-refractivity contribution < 1.29 is 71.2 Å². The summed E-state index contributed by atoms with van der Waals surface area (Å²) in [4.78, 5) is 21.8. The predicted octanol–water partition coefficient (Wildman–Crippen LogP) is 2.56. The lowest BCUT2D eigenvalue weighted by Crippen LogP contribution is -2.41. The lowest BCUT2D eigenvalue weighted by atomic mass is 10.2. The third-order valence-electron chi connectivity index (χ3n) is 7.57. The van der Waals surface area contributed by atoms with Gasteiger partial charge in [-0.3, -0.25) is 9.59 Å². The molecule has 0 atom stereocenters. The highest BCUT2D eigenvalue weighted by Crippen LogP contribution is 2.36. The summed E-state index contributed by atoms with van der Waals surface area (Å²) < 4.78 is 66.4. The van der Waals surface area contributed by atoms with Crippen LogP contribution in [0.2, 0.25) is 18.1 Å². The number of hydrogen-bond donors (Lipinski definition) is 2. The van der Waals surface area contributed by atoms with Gasteiger partial charge in [0.1, 0.15) is 0 Å². The van der Waals surface area contributed by atoms with Crippen LogP contribution in [0.3, 0.4) is 0 Å². The minimum Gasteiger partial charge on any atom is -0.481 e. The fourth-order valence-corrected chi connectivity index (χ4v) is 4.61. The zero-order valence-electron chi connectivity index (χ0n) is 32.8. The molecule has 17 heteroatoms. The Morgan fingerprint density at radius 2 is 0.731 bits per heavy atom. The average molecular weight is 774 g/mol. The third-order valence-corrected chi connectivity index (χ3v) is 12.1. The lowest BCUT2D eigenvalue weighted by Gasteiger charge is -2.36. The molecule has 0 saturated heterocycles. The van der Waals surface area contributed by atoms with E-state index in [2.05, 4.69) is 39.2 Å². The fourth-order valence-electron chi connectivity index (χ4n) is 3.58. The number of rotatable bonds is 41. The van der Waals surface area contributed by atoms with E-state index in [-0.39, 0.29) is 23.8 Å². The van der Waals surface area contributed by atoms with E-state index >= 15 is 0 Å². The number of amides is 1. The van der Waals surface area contributed by atoms with E-state index in [4.69, 9.17) is 61.6 Å². The van der Waals surface area contributed by atoms with Crippen LogP contribution in [0.1, 0.15) is 40.0 Å². The second kappa shape index (κ2) is 36.6. The highest BCUT2D eigenvalue weighted by molar-refractivity contribution is 6.74. The van der Waals surface area contributed by atoms with Crippen molar-refractivity contribution in [2.45, 2.75) is 58.2 Å². The maximum atomic E-state index is 11.4. The smallest absolute Gasteiger partial charge is 0.303 e. The molecule has 1 amide bonds. The molecule has 0 heterocycles. The molecule has 0 bridgehead atoms. The van der Waals surface area contributed by atoms with Gasteiger partial charge in [-0.2, -0.15) is 0 Å². The quantitative estimate of drug-likeness (QED) is 0.0684. The van der Waals surface area contributed by atoms with Crippen LogP contribution in [0, 0.1) is 0 Å². The van der Waals surface area contributed by atoms with Crippen molar-refractivity contribution in [2.24, 2.45) is 0 Å². The Hall–Kier alpha value is -1.32. The molecule has 0 rings (SSSR count). The first-order valence-corrected chi connectivity index (χ1v) is 21.4. The van der Waals surface area contributed by atoms with Crippen molar-refractivity contribution in [2.75, 3.05) is 159 Å². The van der Waals surface area contributed by atoms with Crippen molar-refractivity contribution in [1.82, 2.24) is 5.32 Å². The highest BCUT2D eigenvalue weighted by Gasteiger charge is 2.36. The number of ether oxygens (including phenoxy) is 11. The van der Waals surface area contributed by atoms with E-state index in [1.54, 1.807) is 0 Å². The molecular formula is C35H71NO15Si. The number of hydrogen-bond acceptors (Lipinski definition) is 14. The molecule has 0 spiro atoms. The predicted molar refractivity (Wildman–Crippen MR) is 197 cm³/mol. The lowest BCUT2D eigenvalue weighted by molar-refractivity contribution is -0.138. The van der Waals surface area contributed by atoms with Gasteiger partial charge >= 0.3 is 5.97 Å². The summed E-state index contributed by atoms with van der Waals surface area (Å²) in [5.74, 6) is -1.25. The summed E-state index contributed by atoms with van der Waals surface area (Å²) in [5.41, 5.74) is 0. The summed E-state index contributed by atoms with van der Waals surface area (Å²) in [7, 11) is -1.71. The average Bonchev–Trinajstić information content (AvgIpc) is 3.09. The number of carboxylic acid groups (broad SMARTS) is 1. The van der Waals surface area contributed by atoms with E-state index in [9.17, 15) is 9.59 Å². The molecule has 0 unspecified atom stereocenters. The Morgan fingerprint density at radius 3 is 1.00 bits per heavy atom. The Morgan fingerprint density at radius 1 is 0.462 bits per heavy atom. The topological polar surface area (TPSA) is 177 Å². The van der Waals surface area contributed by atoms with Gasteiger partial charge < -0.3 is 67.0 Å². The van der Waals surface area contributed by atoms with Gasteiger partial charge in [-0.05, 0) is 24.6 Å². The first-order valence-electron chi connectivity index (χ1n) is 18.5. The third kappa shape index (κ3) is 37.0. The Kier molecular flexibility index (Phi) is 35.7. The zero-order chi connectivity index (χ0) is 38.4. The van der Waals surface area contributed by atoms with Gasteiger partial charge in [0, 0.05) is 19.6 Å². The monoisotopic (exact) mass is 773 g/mol. The van der Waals surface area contributed by atoms with Crippen molar-refractivity contribution in [3.05, 3.63) is 0 Å². The van der Waals surface area contributed by atoms with Crippen LogP contribution in [0.4, 0.5) is 0 Å².